The van der Waals surface area contributed by atoms with E-state index in [0.29, 0.717) is 52.9 Å². The Bertz CT molecular complexity index is 1290. The maximum absolute atomic E-state index is 12.0. The van der Waals surface area contributed by atoms with E-state index in [0.717, 1.165) is 17.5 Å². The zero-order valence-electron chi connectivity index (χ0n) is 18.5. The standard InChI is InChI=1S/C24H24ClN5O3/c1-4-21(31)29-8-7-17(13-29)30-23-19(25)12-27-24(26)22(23)20(28-30)6-5-15-9-16(14-32-2)11-18(10-15)33-3/h4,9-12,17H,1,7-8,13-14H2,2-3H3,(H2,26,27). The molecule has 1 aliphatic rings. The molecule has 8 nitrogen and oxygen atoms in total. The van der Waals surface area contributed by atoms with Crippen LogP contribution in [0.2, 0.25) is 5.02 Å². The Balaban J connectivity index is 1.78. The van der Waals surface area contributed by atoms with Crippen molar-refractivity contribution in [2.45, 2.75) is 19.1 Å². The lowest BCUT2D eigenvalue weighted by atomic mass is 10.1. The third-order valence-electron chi connectivity index (χ3n) is 5.54. The number of nitrogens with two attached hydrogens (primary N) is 1. The fourth-order valence-corrected chi connectivity index (χ4v) is 4.24. The van der Waals surface area contributed by atoms with Gasteiger partial charge in [0.25, 0.3) is 0 Å². The van der Waals surface area contributed by atoms with Crippen molar-refractivity contribution in [1.29, 1.82) is 0 Å². The number of likely N-dealkylation sites (tertiary alicyclic amines) is 1. The van der Waals surface area contributed by atoms with Crippen LogP contribution in [-0.2, 0) is 16.1 Å². The highest BCUT2D eigenvalue weighted by molar-refractivity contribution is 6.35. The van der Waals surface area contributed by atoms with E-state index in [1.54, 1.807) is 19.1 Å². The van der Waals surface area contributed by atoms with Crippen LogP contribution in [0.15, 0.2) is 37.1 Å². The summed E-state index contributed by atoms with van der Waals surface area (Å²) >= 11 is 6.51. The van der Waals surface area contributed by atoms with E-state index in [1.165, 1.54) is 12.3 Å². The highest BCUT2D eigenvalue weighted by Crippen LogP contribution is 2.34. The zero-order valence-corrected chi connectivity index (χ0v) is 19.2. The van der Waals surface area contributed by atoms with Gasteiger partial charge in [-0.25, -0.2) is 4.98 Å². The minimum Gasteiger partial charge on any atom is -0.497 e. The second-order valence-electron chi connectivity index (χ2n) is 7.69. The van der Waals surface area contributed by atoms with Crippen LogP contribution in [0.1, 0.15) is 29.3 Å². The molecule has 1 amide bonds. The Morgan fingerprint density at radius 3 is 2.91 bits per heavy atom. The van der Waals surface area contributed by atoms with Gasteiger partial charge in [-0.2, -0.15) is 5.10 Å². The number of hydrogen-bond acceptors (Lipinski definition) is 6. The quantitative estimate of drug-likeness (QED) is 0.459. The van der Waals surface area contributed by atoms with Crippen LogP contribution in [0.25, 0.3) is 10.9 Å². The van der Waals surface area contributed by atoms with Gasteiger partial charge in [0.2, 0.25) is 5.91 Å². The number of carbonyl (C=O) groups is 1. The summed E-state index contributed by atoms with van der Waals surface area (Å²) in [6.07, 6.45) is 3.56. The Kier molecular flexibility index (Phi) is 6.54. The molecule has 3 heterocycles. The Morgan fingerprint density at radius 1 is 1.36 bits per heavy atom. The number of pyridine rings is 1. The number of amides is 1. The summed E-state index contributed by atoms with van der Waals surface area (Å²) in [7, 11) is 3.24. The molecule has 9 heteroatoms. The predicted molar refractivity (Wildman–Crippen MR) is 127 cm³/mol. The van der Waals surface area contributed by atoms with Crippen molar-refractivity contribution in [2.75, 3.05) is 33.0 Å². The van der Waals surface area contributed by atoms with Gasteiger partial charge in [0.1, 0.15) is 17.3 Å². The van der Waals surface area contributed by atoms with Crippen LogP contribution in [0, 0.1) is 11.8 Å². The monoisotopic (exact) mass is 465 g/mol. The fraction of sp³-hybridized carbons (Fsp3) is 0.292. The summed E-state index contributed by atoms with van der Waals surface area (Å²) in [5, 5.41) is 5.78. The highest BCUT2D eigenvalue weighted by Gasteiger charge is 2.29. The number of halogens is 1. The van der Waals surface area contributed by atoms with Gasteiger partial charge in [-0.1, -0.05) is 24.1 Å². The first-order chi connectivity index (χ1) is 15.9. The van der Waals surface area contributed by atoms with Crippen LogP contribution >= 0.6 is 11.6 Å². The number of nitrogens with zero attached hydrogens (tertiary/aromatic N) is 4. The third kappa shape index (κ3) is 4.51. The number of nitrogen functional groups attached to an aromatic ring is 1. The predicted octanol–water partition coefficient (Wildman–Crippen LogP) is 3.18. The molecule has 0 spiro atoms. The first-order valence-corrected chi connectivity index (χ1v) is 10.8. The van der Waals surface area contributed by atoms with Crippen molar-refractivity contribution in [2.24, 2.45) is 0 Å². The fourth-order valence-electron chi connectivity index (χ4n) is 4.01. The van der Waals surface area contributed by atoms with Crippen molar-refractivity contribution < 1.29 is 14.3 Å². The van der Waals surface area contributed by atoms with E-state index in [1.807, 2.05) is 22.9 Å². The molecule has 3 aromatic rings. The minimum atomic E-state index is -0.105. The maximum Gasteiger partial charge on any atom is 0.246 e. The summed E-state index contributed by atoms with van der Waals surface area (Å²) < 4.78 is 12.4. The molecule has 0 radical (unpaired) electrons. The number of ether oxygens (including phenoxy) is 2. The van der Waals surface area contributed by atoms with Crippen molar-refractivity contribution in [3.05, 3.63) is 58.9 Å². The normalized spacial score (nSPS) is 15.4. The lowest BCUT2D eigenvalue weighted by Gasteiger charge is -2.15. The van der Waals surface area contributed by atoms with Crippen LogP contribution in [0.4, 0.5) is 5.82 Å². The summed E-state index contributed by atoms with van der Waals surface area (Å²) in [5.41, 5.74) is 9.04. The molecule has 0 bridgehead atoms. The highest BCUT2D eigenvalue weighted by atomic mass is 35.5. The van der Waals surface area contributed by atoms with Crippen molar-refractivity contribution in [3.8, 4) is 17.6 Å². The second-order valence-corrected chi connectivity index (χ2v) is 8.10. The van der Waals surface area contributed by atoms with Crippen LogP contribution in [0.3, 0.4) is 0 Å². The Hall–Kier alpha value is -3.54. The van der Waals surface area contributed by atoms with Gasteiger partial charge in [-0.05, 0) is 42.2 Å². The number of hydrogen-bond donors (Lipinski definition) is 1. The minimum absolute atomic E-state index is 0.0589. The largest absolute Gasteiger partial charge is 0.497 e. The van der Waals surface area contributed by atoms with Gasteiger partial charge < -0.3 is 20.1 Å². The molecule has 1 saturated heterocycles. The molecule has 33 heavy (non-hydrogen) atoms. The van der Waals surface area contributed by atoms with Crippen molar-refractivity contribution in [1.82, 2.24) is 19.7 Å². The van der Waals surface area contributed by atoms with Gasteiger partial charge in [0, 0.05) is 25.8 Å². The molecule has 170 valence electrons. The number of anilines is 1. The molecular formula is C24H24ClN5O3. The Labute approximate surface area is 196 Å². The topological polar surface area (TPSA) is 95.5 Å². The summed E-state index contributed by atoms with van der Waals surface area (Å²) in [5.74, 6) is 7.16. The number of methoxy groups -OCH3 is 2. The van der Waals surface area contributed by atoms with Crippen LogP contribution in [-0.4, -0.2) is 52.9 Å². The molecule has 4 rings (SSSR count). The molecule has 1 unspecified atom stereocenters. The molecule has 0 saturated carbocycles. The van der Waals surface area contributed by atoms with Gasteiger partial charge in [-0.3, -0.25) is 9.48 Å². The number of fused-ring (bicyclic) bond motifs is 1. The molecule has 0 aliphatic carbocycles. The first-order valence-electron chi connectivity index (χ1n) is 10.4. The van der Waals surface area contributed by atoms with E-state index in [4.69, 9.17) is 31.9 Å². The van der Waals surface area contributed by atoms with Crippen LogP contribution in [0.5, 0.6) is 5.75 Å². The summed E-state index contributed by atoms with van der Waals surface area (Å²) in [6, 6.07) is 5.62. The average molecular weight is 466 g/mol. The van der Waals surface area contributed by atoms with E-state index in [-0.39, 0.29) is 11.9 Å². The molecule has 1 aromatic carbocycles. The molecule has 2 aromatic heterocycles. The van der Waals surface area contributed by atoms with Crippen molar-refractivity contribution >= 4 is 34.2 Å². The second kappa shape index (κ2) is 9.53. The van der Waals surface area contributed by atoms with E-state index in [9.17, 15) is 4.79 Å². The Morgan fingerprint density at radius 2 is 2.18 bits per heavy atom. The van der Waals surface area contributed by atoms with Gasteiger partial charge in [0.05, 0.1) is 41.9 Å². The average Bonchev–Trinajstić information content (AvgIpc) is 3.45. The van der Waals surface area contributed by atoms with Gasteiger partial charge >= 0.3 is 0 Å². The molecule has 1 fully saturated rings. The number of rotatable bonds is 5. The maximum atomic E-state index is 12.0. The summed E-state index contributed by atoms with van der Waals surface area (Å²) in [4.78, 5) is 18.0. The first kappa shape index (κ1) is 22.6. The van der Waals surface area contributed by atoms with E-state index >= 15 is 0 Å². The SMILES string of the molecule is C=CC(=O)N1CCC(n2nc(C#Cc3cc(COC)cc(OC)c3)c3c(N)ncc(Cl)c32)C1. The van der Waals surface area contributed by atoms with E-state index < -0.39 is 0 Å². The lowest BCUT2D eigenvalue weighted by Crippen LogP contribution is -2.27. The van der Waals surface area contributed by atoms with Gasteiger partial charge in [-0.15, -0.1) is 0 Å². The molecule has 1 atom stereocenters. The van der Waals surface area contributed by atoms with E-state index in [2.05, 4.69) is 23.4 Å². The molecule has 1 aliphatic heterocycles. The van der Waals surface area contributed by atoms with Crippen LogP contribution < -0.4 is 10.5 Å². The smallest absolute Gasteiger partial charge is 0.246 e. The van der Waals surface area contributed by atoms with Crippen molar-refractivity contribution in [3.63, 3.8) is 0 Å². The summed E-state index contributed by atoms with van der Waals surface area (Å²) in [6.45, 7) is 5.13. The third-order valence-corrected chi connectivity index (χ3v) is 5.82. The number of carbonyl (C=O) groups excluding carboxylic acids is 1. The van der Waals surface area contributed by atoms with Gasteiger partial charge in [0.15, 0.2) is 0 Å². The molecular weight excluding hydrogens is 442 g/mol. The molecule has 2 N–H and O–H groups in total. The number of benzene rings is 1. The lowest BCUT2D eigenvalue weighted by molar-refractivity contribution is -0.125. The zero-order chi connectivity index (χ0) is 23.5. The number of aromatic nitrogens is 3.